The van der Waals surface area contributed by atoms with Gasteiger partial charge in [0.05, 0.1) is 17.6 Å². The first-order valence-electron chi connectivity index (χ1n) is 12.7. The summed E-state index contributed by atoms with van der Waals surface area (Å²) in [6, 6.07) is 24.0. The van der Waals surface area contributed by atoms with Crippen LogP contribution in [0.25, 0.3) is 11.0 Å². The average Bonchev–Trinajstić information content (AvgIpc) is 3.23. The zero-order valence-electron chi connectivity index (χ0n) is 21.0. The van der Waals surface area contributed by atoms with Crippen LogP contribution in [0.2, 0.25) is 0 Å². The Kier molecular flexibility index (Phi) is 9.17. The van der Waals surface area contributed by atoms with Crippen molar-refractivity contribution in [1.29, 1.82) is 0 Å². The smallest absolute Gasteiger partial charge is 0.251 e. The number of unbranched alkanes of at least 4 members (excludes halogenated alkanes) is 2. The fourth-order valence-electron chi connectivity index (χ4n) is 4.42. The van der Waals surface area contributed by atoms with Crippen molar-refractivity contribution in [3.63, 3.8) is 0 Å². The number of halogens is 1. The van der Waals surface area contributed by atoms with Gasteiger partial charge < -0.3 is 14.6 Å². The summed E-state index contributed by atoms with van der Waals surface area (Å²) < 4.78 is 9.41. The quantitative estimate of drug-likeness (QED) is 0.192. The number of nitrogens with one attached hydrogen (secondary N) is 1. The minimum absolute atomic E-state index is 0.0304. The monoisotopic (exact) mass is 547 g/mol. The second-order valence-corrected chi connectivity index (χ2v) is 10.2. The Morgan fingerprint density at radius 1 is 1.00 bits per heavy atom. The topological polar surface area (TPSA) is 56.1 Å². The third kappa shape index (κ3) is 6.76. The SMILES string of the molecule is CC(C)c1ccccc1OCCn1c(CCCCCNC(=O)c2cccc(Br)c2)nc2ccccc21. The van der Waals surface area contributed by atoms with Crippen molar-refractivity contribution >= 4 is 32.9 Å². The molecule has 0 radical (unpaired) electrons. The van der Waals surface area contributed by atoms with E-state index >= 15 is 0 Å². The Bertz CT molecular complexity index is 1300. The van der Waals surface area contributed by atoms with Gasteiger partial charge in [0, 0.05) is 23.0 Å². The van der Waals surface area contributed by atoms with E-state index in [0.29, 0.717) is 24.6 Å². The molecule has 0 aliphatic rings. The number of rotatable bonds is 12. The van der Waals surface area contributed by atoms with Crippen LogP contribution < -0.4 is 10.1 Å². The number of carbonyl (C=O) groups is 1. The molecule has 4 aromatic rings. The van der Waals surface area contributed by atoms with Crippen LogP contribution in [0.4, 0.5) is 0 Å². The van der Waals surface area contributed by atoms with E-state index < -0.39 is 0 Å². The Hall–Kier alpha value is -3.12. The van der Waals surface area contributed by atoms with Crippen molar-refractivity contribution in [3.05, 3.63) is 94.2 Å². The first kappa shape index (κ1) is 26.0. The second kappa shape index (κ2) is 12.7. The number of imidazole rings is 1. The molecule has 3 aromatic carbocycles. The van der Waals surface area contributed by atoms with Gasteiger partial charge in [0.25, 0.3) is 5.91 Å². The number of fused-ring (bicyclic) bond motifs is 1. The normalized spacial score (nSPS) is 11.2. The lowest BCUT2D eigenvalue weighted by Gasteiger charge is -2.15. The molecule has 4 rings (SSSR count). The summed E-state index contributed by atoms with van der Waals surface area (Å²) in [5.74, 6) is 2.45. The number of amides is 1. The molecule has 6 heteroatoms. The van der Waals surface area contributed by atoms with E-state index in [-0.39, 0.29) is 5.91 Å². The van der Waals surface area contributed by atoms with E-state index in [2.05, 4.69) is 76.1 Å². The van der Waals surface area contributed by atoms with Gasteiger partial charge in [-0.05, 0) is 60.7 Å². The van der Waals surface area contributed by atoms with Gasteiger partial charge in [0.15, 0.2) is 0 Å². The largest absolute Gasteiger partial charge is 0.491 e. The zero-order valence-corrected chi connectivity index (χ0v) is 22.6. The van der Waals surface area contributed by atoms with Crippen LogP contribution in [0, 0.1) is 0 Å². The molecule has 0 saturated carbocycles. The summed E-state index contributed by atoms with van der Waals surface area (Å²) in [5.41, 5.74) is 4.09. The maximum Gasteiger partial charge on any atom is 0.251 e. The number of aromatic nitrogens is 2. The summed E-state index contributed by atoms with van der Waals surface area (Å²) in [4.78, 5) is 17.2. The van der Waals surface area contributed by atoms with Crippen LogP contribution in [-0.2, 0) is 13.0 Å². The summed E-state index contributed by atoms with van der Waals surface area (Å²) in [6.07, 6.45) is 3.89. The zero-order chi connectivity index (χ0) is 25.3. The van der Waals surface area contributed by atoms with E-state index in [1.54, 1.807) is 0 Å². The van der Waals surface area contributed by atoms with E-state index in [4.69, 9.17) is 9.72 Å². The van der Waals surface area contributed by atoms with E-state index in [0.717, 1.165) is 59.3 Å². The number of aryl methyl sites for hydroxylation is 1. The highest BCUT2D eigenvalue weighted by Gasteiger charge is 2.12. The minimum atomic E-state index is -0.0304. The van der Waals surface area contributed by atoms with Gasteiger partial charge >= 0.3 is 0 Å². The lowest BCUT2D eigenvalue weighted by Crippen LogP contribution is -2.24. The number of hydrogen-bond donors (Lipinski definition) is 1. The van der Waals surface area contributed by atoms with Gasteiger partial charge in [0.2, 0.25) is 0 Å². The molecular weight excluding hydrogens is 514 g/mol. The fourth-order valence-corrected chi connectivity index (χ4v) is 4.82. The van der Waals surface area contributed by atoms with E-state index in [1.165, 1.54) is 5.56 Å². The molecule has 1 aromatic heterocycles. The van der Waals surface area contributed by atoms with E-state index in [1.807, 2.05) is 36.4 Å². The summed E-state index contributed by atoms with van der Waals surface area (Å²) in [6.45, 7) is 6.40. The van der Waals surface area contributed by atoms with Gasteiger partial charge in [-0.2, -0.15) is 0 Å². The minimum Gasteiger partial charge on any atom is -0.491 e. The maximum absolute atomic E-state index is 12.3. The van der Waals surface area contributed by atoms with Gasteiger partial charge in [-0.3, -0.25) is 4.79 Å². The van der Waals surface area contributed by atoms with Crippen molar-refractivity contribution in [3.8, 4) is 5.75 Å². The number of carbonyl (C=O) groups excluding carboxylic acids is 1. The Morgan fingerprint density at radius 3 is 2.64 bits per heavy atom. The number of hydrogen-bond acceptors (Lipinski definition) is 3. The van der Waals surface area contributed by atoms with Crippen LogP contribution in [-0.4, -0.2) is 28.6 Å². The third-order valence-corrected chi connectivity index (χ3v) is 6.79. The molecule has 5 nitrogen and oxygen atoms in total. The highest BCUT2D eigenvalue weighted by molar-refractivity contribution is 9.10. The molecule has 0 saturated heterocycles. The first-order chi connectivity index (χ1) is 17.5. The Labute approximate surface area is 222 Å². The Morgan fingerprint density at radius 2 is 1.81 bits per heavy atom. The van der Waals surface area contributed by atoms with Gasteiger partial charge in [0.1, 0.15) is 18.2 Å². The molecule has 0 fully saturated rings. The number of ether oxygens (including phenoxy) is 1. The van der Waals surface area contributed by atoms with Crippen molar-refractivity contribution in [2.24, 2.45) is 0 Å². The summed E-state index contributed by atoms with van der Waals surface area (Å²) >= 11 is 3.41. The van der Waals surface area contributed by atoms with Crippen molar-refractivity contribution in [1.82, 2.24) is 14.9 Å². The summed E-state index contributed by atoms with van der Waals surface area (Å²) in [7, 11) is 0. The molecule has 0 aliphatic carbocycles. The molecule has 0 unspecified atom stereocenters. The standard InChI is InChI=1S/C30H34BrN3O2/c1-22(2)25-13-5-8-16-28(25)36-20-19-34-27-15-7-6-14-26(27)33-29(34)17-4-3-9-18-32-30(35)23-11-10-12-24(31)21-23/h5-8,10-16,21-22H,3-4,9,17-20H2,1-2H3,(H,32,35). The number of para-hydroxylation sites is 3. The first-order valence-corrected chi connectivity index (χ1v) is 13.5. The summed E-state index contributed by atoms with van der Waals surface area (Å²) in [5, 5.41) is 3.02. The van der Waals surface area contributed by atoms with Crippen molar-refractivity contribution in [2.75, 3.05) is 13.2 Å². The predicted octanol–water partition coefficient (Wildman–Crippen LogP) is 7.14. The second-order valence-electron chi connectivity index (χ2n) is 9.29. The van der Waals surface area contributed by atoms with Crippen LogP contribution in [0.3, 0.4) is 0 Å². The average molecular weight is 549 g/mol. The number of benzene rings is 3. The van der Waals surface area contributed by atoms with Gasteiger partial charge in [-0.15, -0.1) is 0 Å². The molecule has 0 bridgehead atoms. The predicted molar refractivity (Wildman–Crippen MR) is 150 cm³/mol. The molecule has 1 N–H and O–H groups in total. The van der Waals surface area contributed by atoms with Crippen LogP contribution >= 0.6 is 15.9 Å². The lowest BCUT2D eigenvalue weighted by atomic mass is 10.0. The van der Waals surface area contributed by atoms with Crippen LogP contribution in [0.15, 0.2) is 77.3 Å². The van der Waals surface area contributed by atoms with E-state index in [9.17, 15) is 4.79 Å². The molecule has 0 atom stereocenters. The molecule has 0 spiro atoms. The van der Waals surface area contributed by atoms with Crippen molar-refractivity contribution in [2.45, 2.75) is 52.0 Å². The molecule has 188 valence electrons. The number of nitrogens with zero attached hydrogens (tertiary/aromatic N) is 2. The maximum atomic E-state index is 12.3. The molecule has 1 heterocycles. The fraction of sp³-hybridized carbons (Fsp3) is 0.333. The van der Waals surface area contributed by atoms with Gasteiger partial charge in [-0.25, -0.2) is 4.98 Å². The third-order valence-electron chi connectivity index (χ3n) is 6.30. The van der Waals surface area contributed by atoms with Crippen LogP contribution in [0.1, 0.15) is 60.8 Å². The highest BCUT2D eigenvalue weighted by Crippen LogP contribution is 2.26. The molecule has 0 aliphatic heterocycles. The molecule has 36 heavy (non-hydrogen) atoms. The van der Waals surface area contributed by atoms with Crippen LogP contribution in [0.5, 0.6) is 5.75 Å². The van der Waals surface area contributed by atoms with Crippen molar-refractivity contribution < 1.29 is 9.53 Å². The molecule has 1 amide bonds. The van der Waals surface area contributed by atoms with Gasteiger partial charge in [-0.1, -0.05) is 72.6 Å². The lowest BCUT2D eigenvalue weighted by molar-refractivity contribution is 0.0953. The Balaban J connectivity index is 1.29. The highest BCUT2D eigenvalue weighted by atomic mass is 79.9. The molecular formula is C30H34BrN3O2.